The fourth-order valence-corrected chi connectivity index (χ4v) is 6.24. The van der Waals surface area contributed by atoms with E-state index < -0.39 is 51.9 Å². The molecule has 3 aliphatic rings. The summed E-state index contributed by atoms with van der Waals surface area (Å²) in [5.74, 6) is -4.97. The van der Waals surface area contributed by atoms with E-state index in [1.807, 2.05) is 30.3 Å². The minimum absolute atomic E-state index is 0.0999. The third-order valence-electron chi connectivity index (χ3n) is 8.25. The van der Waals surface area contributed by atoms with Crippen LogP contribution in [0, 0.1) is 18.8 Å². The Balaban J connectivity index is 1.70. The molecule has 4 N–H and O–H groups in total. The molecule has 0 saturated heterocycles. The number of aryl methyl sites for hydroxylation is 1. The largest absolute Gasteiger partial charge is 0.508 e. The van der Waals surface area contributed by atoms with E-state index in [2.05, 4.69) is 13.8 Å². The standard InChI is InChI=1S/C30H30O7/c1-13(2)16-5-7-17(8-6-16)20-9-14(3)26(33)25-21(20)11-18-10-19-12-22(32)23(15(4)31)28(35)30(19,37)29(36)24(18)27(25)34/h5-9,13,18-19,33-35,37H,10-12H2,1-4H3/t18-,19+,30-/m0/s1. The number of aromatic hydroxyl groups is 1. The topological polar surface area (TPSA) is 132 Å². The van der Waals surface area contributed by atoms with Crippen LogP contribution >= 0.6 is 0 Å². The maximum Gasteiger partial charge on any atom is 0.202 e. The molecule has 192 valence electrons. The van der Waals surface area contributed by atoms with Gasteiger partial charge >= 0.3 is 0 Å². The number of rotatable bonds is 3. The smallest absolute Gasteiger partial charge is 0.202 e. The zero-order valence-corrected chi connectivity index (χ0v) is 21.3. The molecule has 7 nitrogen and oxygen atoms in total. The number of phenolic OH excluding ortho intramolecular Hbond substituents is 1. The zero-order valence-electron chi connectivity index (χ0n) is 21.3. The van der Waals surface area contributed by atoms with Crippen LogP contribution in [0.3, 0.4) is 0 Å². The van der Waals surface area contributed by atoms with E-state index in [0.717, 1.165) is 18.1 Å². The van der Waals surface area contributed by atoms with Crippen LogP contribution in [0.2, 0.25) is 0 Å². The van der Waals surface area contributed by atoms with Gasteiger partial charge in [0.25, 0.3) is 0 Å². The average Bonchev–Trinajstić information content (AvgIpc) is 2.83. The lowest BCUT2D eigenvalue weighted by molar-refractivity contribution is -0.147. The van der Waals surface area contributed by atoms with Gasteiger partial charge in [-0.05, 0) is 72.4 Å². The molecule has 0 amide bonds. The lowest BCUT2D eigenvalue weighted by Gasteiger charge is -2.46. The third kappa shape index (κ3) is 3.48. The Kier molecular flexibility index (Phi) is 5.68. The molecule has 0 spiro atoms. The first-order valence-corrected chi connectivity index (χ1v) is 12.5. The van der Waals surface area contributed by atoms with Crippen LogP contribution in [-0.2, 0) is 20.8 Å². The molecular weight excluding hydrogens is 472 g/mol. The van der Waals surface area contributed by atoms with E-state index in [0.29, 0.717) is 23.5 Å². The minimum atomic E-state index is -2.48. The molecule has 3 aliphatic carbocycles. The lowest BCUT2D eigenvalue weighted by Crippen LogP contribution is -2.57. The van der Waals surface area contributed by atoms with Crippen LogP contribution in [-0.4, -0.2) is 43.4 Å². The van der Waals surface area contributed by atoms with E-state index in [1.165, 1.54) is 5.56 Å². The SMILES string of the molecule is CC(=O)C1=C(O)[C@]2(O)C(=O)C3=C(O)c4c(O)c(C)cc(-c5ccc(C(C)C)cc5)c4C[C@@H]3C[C@@H]2CC1=O. The molecule has 1 fully saturated rings. The molecule has 0 heterocycles. The molecule has 0 aromatic heterocycles. The number of aliphatic hydroxyl groups is 3. The van der Waals surface area contributed by atoms with Gasteiger partial charge in [-0.15, -0.1) is 0 Å². The summed E-state index contributed by atoms with van der Waals surface area (Å²) >= 11 is 0. The van der Waals surface area contributed by atoms with Crippen molar-refractivity contribution in [2.24, 2.45) is 11.8 Å². The molecule has 3 atom stereocenters. The third-order valence-corrected chi connectivity index (χ3v) is 8.25. The number of carbonyl (C=O) groups excluding carboxylic acids is 3. The Morgan fingerprint density at radius 2 is 1.70 bits per heavy atom. The molecule has 2 aromatic carbocycles. The Bertz CT molecular complexity index is 1440. The van der Waals surface area contributed by atoms with Gasteiger partial charge in [0.05, 0.1) is 5.56 Å². The number of allylic oxidation sites excluding steroid dienone is 1. The quantitative estimate of drug-likeness (QED) is 0.450. The van der Waals surface area contributed by atoms with E-state index in [4.69, 9.17) is 0 Å². The first kappa shape index (κ1) is 25.0. The zero-order chi connectivity index (χ0) is 27.0. The number of ketones is 3. The second-order valence-corrected chi connectivity index (χ2v) is 10.8. The predicted molar refractivity (Wildman–Crippen MR) is 137 cm³/mol. The van der Waals surface area contributed by atoms with Crippen LogP contribution < -0.4 is 0 Å². The van der Waals surface area contributed by atoms with Crippen LogP contribution in [0.1, 0.15) is 61.8 Å². The highest BCUT2D eigenvalue weighted by molar-refractivity contribution is 6.23. The number of Topliss-reactive ketones (excluding diaryl/α,β-unsaturated/α-hetero) is 3. The van der Waals surface area contributed by atoms with Gasteiger partial charge in [0.2, 0.25) is 5.78 Å². The summed E-state index contributed by atoms with van der Waals surface area (Å²) in [6, 6.07) is 9.93. The first-order valence-electron chi connectivity index (χ1n) is 12.5. The number of fused-ring (bicyclic) bond motifs is 3. The highest BCUT2D eigenvalue weighted by Crippen LogP contribution is 2.53. The highest BCUT2D eigenvalue weighted by atomic mass is 16.3. The van der Waals surface area contributed by atoms with E-state index in [1.54, 1.807) is 6.92 Å². The molecule has 2 aromatic rings. The molecule has 5 rings (SSSR count). The number of hydrogen-bond acceptors (Lipinski definition) is 7. The summed E-state index contributed by atoms with van der Waals surface area (Å²) < 4.78 is 0. The maximum absolute atomic E-state index is 13.7. The highest BCUT2D eigenvalue weighted by Gasteiger charge is 2.60. The summed E-state index contributed by atoms with van der Waals surface area (Å²) in [6.45, 7) is 7.01. The van der Waals surface area contributed by atoms with Gasteiger partial charge in [0.1, 0.15) is 22.8 Å². The minimum Gasteiger partial charge on any atom is -0.508 e. The van der Waals surface area contributed by atoms with Gasteiger partial charge in [-0.1, -0.05) is 38.1 Å². The van der Waals surface area contributed by atoms with Gasteiger partial charge in [0, 0.05) is 17.9 Å². The second kappa shape index (κ2) is 8.42. The number of hydrogen-bond donors (Lipinski definition) is 4. The van der Waals surface area contributed by atoms with Crippen LogP contribution in [0.5, 0.6) is 5.75 Å². The van der Waals surface area contributed by atoms with Gasteiger partial charge < -0.3 is 20.4 Å². The molecule has 7 heteroatoms. The second-order valence-electron chi connectivity index (χ2n) is 10.8. The van der Waals surface area contributed by atoms with Crippen LogP contribution in [0.15, 0.2) is 47.2 Å². The first-order chi connectivity index (χ1) is 17.4. The Morgan fingerprint density at radius 3 is 2.30 bits per heavy atom. The summed E-state index contributed by atoms with van der Waals surface area (Å²) in [6.07, 6.45) is 0.171. The Hall–Kier alpha value is -3.71. The molecular formula is C30H30O7. The van der Waals surface area contributed by atoms with Gasteiger partial charge in [-0.25, -0.2) is 0 Å². The normalized spacial score (nSPS) is 25.2. The number of carbonyl (C=O) groups is 3. The van der Waals surface area contributed by atoms with E-state index in [-0.39, 0.29) is 29.7 Å². The van der Waals surface area contributed by atoms with E-state index >= 15 is 0 Å². The fraction of sp³-hybridized carbons (Fsp3) is 0.367. The number of aliphatic hydroxyl groups excluding tert-OH is 2. The molecule has 0 radical (unpaired) electrons. The summed E-state index contributed by atoms with van der Waals surface area (Å²) in [7, 11) is 0. The molecule has 0 unspecified atom stereocenters. The van der Waals surface area contributed by atoms with Crippen LogP contribution in [0.25, 0.3) is 16.9 Å². The van der Waals surface area contributed by atoms with Gasteiger partial charge in [-0.2, -0.15) is 0 Å². The van der Waals surface area contributed by atoms with Crippen molar-refractivity contribution in [3.63, 3.8) is 0 Å². The Labute approximate surface area is 214 Å². The fourth-order valence-electron chi connectivity index (χ4n) is 6.24. The van der Waals surface area contributed by atoms with Crippen LogP contribution in [0.4, 0.5) is 0 Å². The summed E-state index contributed by atoms with van der Waals surface area (Å²) in [5.41, 5.74) is 1.06. The van der Waals surface area contributed by atoms with Gasteiger partial charge in [0.15, 0.2) is 17.2 Å². The summed E-state index contributed by atoms with van der Waals surface area (Å²) in [4.78, 5) is 38.3. The Morgan fingerprint density at radius 1 is 1.05 bits per heavy atom. The summed E-state index contributed by atoms with van der Waals surface area (Å²) in [5, 5.41) is 44.6. The van der Waals surface area contributed by atoms with Gasteiger partial charge in [-0.3, -0.25) is 14.4 Å². The van der Waals surface area contributed by atoms with Crippen molar-refractivity contribution in [3.8, 4) is 16.9 Å². The maximum atomic E-state index is 13.7. The van der Waals surface area contributed by atoms with Crippen molar-refractivity contribution in [1.82, 2.24) is 0 Å². The molecule has 1 saturated carbocycles. The molecule has 0 aliphatic heterocycles. The van der Waals surface area contributed by atoms with Crippen molar-refractivity contribution in [1.29, 1.82) is 0 Å². The van der Waals surface area contributed by atoms with Crippen molar-refractivity contribution < 1.29 is 34.8 Å². The monoisotopic (exact) mass is 502 g/mol. The lowest BCUT2D eigenvalue weighted by atomic mass is 9.59. The average molecular weight is 503 g/mol. The number of benzene rings is 2. The molecule has 37 heavy (non-hydrogen) atoms. The predicted octanol–water partition coefficient (Wildman–Crippen LogP) is 4.63. The van der Waals surface area contributed by atoms with Crippen molar-refractivity contribution in [2.45, 2.75) is 58.5 Å². The molecule has 0 bridgehead atoms. The number of phenols is 1. The van der Waals surface area contributed by atoms with E-state index in [9.17, 15) is 34.8 Å². The van der Waals surface area contributed by atoms with Crippen molar-refractivity contribution in [2.75, 3.05) is 0 Å². The van der Waals surface area contributed by atoms with Crippen molar-refractivity contribution >= 4 is 23.1 Å². The van der Waals surface area contributed by atoms with Crippen molar-refractivity contribution in [3.05, 3.63) is 69.5 Å².